The number of amides is 1. The normalized spacial score (nSPS) is 12.1. The monoisotopic (exact) mass is 341 g/mol. The molecule has 1 unspecified atom stereocenters. The third-order valence-electron chi connectivity index (χ3n) is 2.64. The van der Waals surface area contributed by atoms with Crippen LogP contribution in [0.5, 0.6) is 0 Å². The number of ether oxygens (including phenoxy) is 1. The number of nitrogens with zero attached hydrogens (tertiary/aromatic N) is 2. The van der Waals surface area contributed by atoms with Crippen LogP contribution in [0.3, 0.4) is 0 Å². The van der Waals surface area contributed by atoms with Crippen molar-refractivity contribution in [1.29, 1.82) is 0 Å². The lowest BCUT2D eigenvalue weighted by Crippen LogP contribution is -2.38. The van der Waals surface area contributed by atoms with Crippen LogP contribution in [0, 0.1) is 20.2 Å². The smallest absolute Gasteiger partial charge is 0.408 e. The van der Waals surface area contributed by atoms with E-state index in [1.807, 2.05) is 5.32 Å². The van der Waals surface area contributed by atoms with E-state index in [1.165, 1.54) is 0 Å². The summed E-state index contributed by atoms with van der Waals surface area (Å²) in [5, 5.41) is 33.0. The lowest BCUT2D eigenvalue weighted by atomic mass is 10.0. The molecule has 11 nitrogen and oxygen atoms in total. The summed E-state index contributed by atoms with van der Waals surface area (Å²) in [4.78, 5) is 43.1. The highest BCUT2D eigenvalue weighted by atomic mass is 16.6. The summed E-state index contributed by atoms with van der Waals surface area (Å²) in [7, 11) is 0. The van der Waals surface area contributed by atoms with Crippen molar-refractivity contribution in [1.82, 2.24) is 5.32 Å². The highest BCUT2D eigenvalue weighted by Gasteiger charge is 2.32. The van der Waals surface area contributed by atoms with Crippen LogP contribution in [0.25, 0.3) is 0 Å². The van der Waals surface area contributed by atoms with Crippen LogP contribution < -0.4 is 5.32 Å². The molecule has 0 aliphatic heterocycles. The van der Waals surface area contributed by atoms with Crippen molar-refractivity contribution in [2.75, 3.05) is 0 Å². The molecule has 0 bridgehead atoms. The number of carbonyl (C=O) groups excluding carboxylic acids is 1. The fourth-order valence-electron chi connectivity index (χ4n) is 1.75. The molecule has 2 N–H and O–H groups in total. The summed E-state index contributed by atoms with van der Waals surface area (Å²) in [6.07, 6.45) is -1.09. The average Bonchev–Trinajstić information content (AvgIpc) is 2.41. The Hall–Kier alpha value is -3.24. The minimum absolute atomic E-state index is 0.413. The summed E-state index contributed by atoms with van der Waals surface area (Å²) < 4.78 is 4.91. The van der Waals surface area contributed by atoms with E-state index >= 15 is 0 Å². The average molecular weight is 341 g/mol. The zero-order chi connectivity index (χ0) is 18.7. The van der Waals surface area contributed by atoms with Gasteiger partial charge in [0.25, 0.3) is 11.4 Å². The maximum Gasteiger partial charge on any atom is 0.408 e. The van der Waals surface area contributed by atoms with Crippen molar-refractivity contribution in [3.63, 3.8) is 0 Å². The van der Waals surface area contributed by atoms with Gasteiger partial charge in [-0.1, -0.05) is 0 Å². The molecule has 24 heavy (non-hydrogen) atoms. The van der Waals surface area contributed by atoms with Gasteiger partial charge in [0.2, 0.25) is 0 Å². The van der Waals surface area contributed by atoms with Gasteiger partial charge in [0.05, 0.1) is 21.5 Å². The molecule has 0 spiro atoms. The Kier molecular flexibility index (Phi) is 5.40. The molecule has 1 rings (SSSR count). The van der Waals surface area contributed by atoms with Crippen LogP contribution in [-0.4, -0.2) is 32.6 Å². The lowest BCUT2D eigenvalue weighted by molar-refractivity contribution is -0.394. The van der Waals surface area contributed by atoms with E-state index in [-0.39, 0.29) is 0 Å². The standard InChI is InChI=1S/C13H15N3O8/c1-13(2,3)24-12(19)14-10(11(17)18)8-5-4-7(15(20)21)6-9(8)16(22)23/h4-6,10H,1-3H3,(H,14,19)(H,17,18). The first-order valence-electron chi connectivity index (χ1n) is 6.57. The molecule has 0 radical (unpaired) electrons. The van der Waals surface area contributed by atoms with E-state index in [1.54, 1.807) is 20.8 Å². The number of nitro groups is 2. The largest absolute Gasteiger partial charge is 0.479 e. The summed E-state index contributed by atoms with van der Waals surface area (Å²) in [6.45, 7) is 4.66. The van der Waals surface area contributed by atoms with Crippen LogP contribution in [-0.2, 0) is 9.53 Å². The van der Waals surface area contributed by atoms with Gasteiger partial charge < -0.3 is 15.2 Å². The molecular formula is C13H15N3O8. The summed E-state index contributed by atoms with van der Waals surface area (Å²) in [5.41, 5.74) is -2.70. The number of carboxylic acid groups (broad SMARTS) is 1. The number of alkyl carbamates (subject to hydrolysis) is 1. The summed E-state index contributed by atoms with van der Waals surface area (Å²) in [6, 6.07) is 0.643. The maximum atomic E-state index is 11.7. The van der Waals surface area contributed by atoms with Crippen LogP contribution in [0.1, 0.15) is 32.4 Å². The van der Waals surface area contributed by atoms with E-state index in [2.05, 4.69) is 0 Å². The summed E-state index contributed by atoms with van der Waals surface area (Å²) in [5.74, 6) is -1.59. The van der Waals surface area contributed by atoms with Crippen molar-refractivity contribution in [3.8, 4) is 0 Å². The second-order valence-electron chi connectivity index (χ2n) is 5.67. The van der Waals surface area contributed by atoms with Gasteiger partial charge in [0.15, 0.2) is 6.04 Å². The molecule has 0 aliphatic rings. The Morgan fingerprint density at radius 3 is 2.21 bits per heavy atom. The van der Waals surface area contributed by atoms with E-state index in [0.29, 0.717) is 6.07 Å². The minimum atomic E-state index is -1.80. The first kappa shape index (κ1) is 18.8. The number of aliphatic carboxylic acids is 1. The fourth-order valence-corrected chi connectivity index (χ4v) is 1.75. The lowest BCUT2D eigenvalue weighted by Gasteiger charge is -2.22. The van der Waals surface area contributed by atoms with Gasteiger partial charge in [-0.15, -0.1) is 0 Å². The van der Waals surface area contributed by atoms with Crippen molar-refractivity contribution in [3.05, 3.63) is 44.0 Å². The highest BCUT2D eigenvalue weighted by molar-refractivity contribution is 5.83. The summed E-state index contributed by atoms with van der Waals surface area (Å²) >= 11 is 0. The minimum Gasteiger partial charge on any atom is -0.479 e. The Morgan fingerprint density at radius 1 is 1.21 bits per heavy atom. The number of rotatable bonds is 5. The Balaban J connectivity index is 3.26. The van der Waals surface area contributed by atoms with E-state index in [4.69, 9.17) is 4.74 Å². The zero-order valence-electron chi connectivity index (χ0n) is 13.0. The number of non-ortho nitro benzene ring substituents is 1. The first-order valence-corrected chi connectivity index (χ1v) is 6.57. The van der Waals surface area contributed by atoms with Crippen LogP contribution in [0.2, 0.25) is 0 Å². The van der Waals surface area contributed by atoms with Crippen LogP contribution in [0.4, 0.5) is 16.2 Å². The predicted molar refractivity (Wildman–Crippen MR) is 79.5 cm³/mol. The third kappa shape index (κ3) is 4.90. The van der Waals surface area contributed by atoms with E-state index in [0.717, 1.165) is 12.1 Å². The van der Waals surface area contributed by atoms with Gasteiger partial charge in [0, 0.05) is 6.07 Å². The number of hydrogen-bond acceptors (Lipinski definition) is 7. The van der Waals surface area contributed by atoms with Crippen molar-refractivity contribution >= 4 is 23.4 Å². The second kappa shape index (κ2) is 6.89. The molecule has 1 aromatic rings. The molecule has 0 heterocycles. The number of benzene rings is 1. The number of carboxylic acids is 1. The molecule has 0 saturated heterocycles. The topological polar surface area (TPSA) is 162 Å². The van der Waals surface area contributed by atoms with E-state index < -0.39 is 50.5 Å². The SMILES string of the molecule is CC(C)(C)OC(=O)NC(C(=O)O)c1ccc([N+](=O)[O-])cc1[N+](=O)[O-]. The Labute approximate surface area is 135 Å². The Morgan fingerprint density at radius 2 is 1.79 bits per heavy atom. The van der Waals surface area contributed by atoms with E-state index in [9.17, 15) is 34.9 Å². The van der Waals surface area contributed by atoms with Crippen molar-refractivity contribution in [2.24, 2.45) is 0 Å². The first-order chi connectivity index (χ1) is 10.9. The molecule has 1 aromatic carbocycles. The molecule has 0 fully saturated rings. The van der Waals surface area contributed by atoms with Gasteiger partial charge in [-0.3, -0.25) is 20.2 Å². The van der Waals surface area contributed by atoms with Crippen molar-refractivity contribution in [2.45, 2.75) is 32.4 Å². The number of carbonyl (C=O) groups is 2. The number of hydrogen-bond donors (Lipinski definition) is 2. The fraction of sp³-hybridized carbons (Fsp3) is 0.385. The molecule has 11 heteroatoms. The maximum absolute atomic E-state index is 11.7. The molecular weight excluding hydrogens is 326 g/mol. The molecule has 1 atom stereocenters. The van der Waals surface area contributed by atoms with Crippen LogP contribution in [0.15, 0.2) is 18.2 Å². The quantitative estimate of drug-likeness (QED) is 0.608. The third-order valence-corrected chi connectivity index (χ3v) is 2.64. The van der Waals surface area contributed by atoms with Gasteiger partial charge >= 0.3 is 12.1 Å². The number of nitro benzene ring substituents is 2. The van der Waals surface area contributed by atoms with Gasteiger partial charge in [0.1, 0.15) is 5.60 Å². The van der Waals surface area contributed by atoms with Crippen LogP contribution >= 0.6 is 0 Å². The molecule has 0 aromatic heterocycles. The second-order valence-corrected chi connectivity index (χ2v) is 5.67. The van der Waals surface area contributed by atoms with Crippen molar-refractivity contribution < 1.29 is 29.3 Å². The van der Waals surface area contributed by atoms with Gasteiger partial charge in [-0.05, 0) is 26.8 Å². The number of nitrogens with one attached hydrogen (secondary N) is 1. The molecule has 1 amide bonds. The van der Waals surface area contributed by atoms with Gasteiger partial charge in [-0.25, -0.2) is 9.59 Å². The molecule has 130 valence electrons. The predicted octanol–water partition coefficient (Wildman–Crippen LogP) is 2.15. The molecule has 0 saturated carbocycles. The zero-order valence-corrected chi connectivity index (χ0v) is 13.0. The van der Waals surface area contributed by atoms with Gasteiger partial charge in [-0.2, -0.15) is 0 Å². The highest BCUT2D eigenvalue weighted by Crippen LogP contribution is 2.29. The Bertz CT molecular complexity index is 695. The molecule has 0 aliphatic carbocycles.